The number of rotatable bonds is 22. The summed E-state index contributed by atoms with van der Waals surface area (Å²) in [6, 6.07) is 22.8. The number of nitrogens with one attached hydrogen (secondary N) is 3. The molecule has 0 saturated heterocycles. The van der Waals surface area contributed by atoms with Gasteiger partial charge in [-0.15, -0.1) is 5.10 Å². The zero-order valence-electron chi connectivity index (χ0n) is 41.7. The summed E-state index contributed by atoms with van der Waals surface area (Å²) in [7, 11) is 3.87. The normalized spacial score (nSPS) is 13.8. The number of halogens is 4. The fourth-order valence-corrected chi connectivity index (χ4v) is 8.75. The largest absolute Gasteiger partial charge is 0.737 e. The van der Waals surface area contributed by atoms with Crippen LogP contribution in [0.3, 0.4) is 0 Å². The van der Waals surface area contributed by atoms with Gasteiger partial charge < -0.3 is 48.9 Å². The van der Waals surface area contributed by atoms with E-state index in [0.717, 1.165) is 32.3 Å². The van der Waals surface area contributed by atoms with Gasteiger partial charge in [0.05, 0.1) is 35.8 Å². The Bertz CT molecular complexity index is 3240. The van der Waals surface area contributed by atoms with Gasteiger partial charge in [0.15, 0.2) is 28.9 Å². The van der Waals surface area contributed by atoms with Gasteiger partial charge in [-0.1, -0.05) is 11.3 Å². The molecule has 0 saturated carbocycles. The second-order valence-corrected chi connectivity index (χ2v) is 18.4. The number of carbonyl (C=O) groups is 4. The fraction of sp³-hybridized carbons (Fsp3) is 0.264. The molecule has 5 N–H and O–H groups in total. The highest BCUT2D eigenvalue weighted by Gasteiger charge is 2.52. The van der Waals surface area contributed by atoms with Crippen molar-refractivity contribution >= 4 is 59.3 Å². The highest BCUT2D eigenvalue weighted by atomic mass is 19.2. The average Bonchev–Trinajstić information content (AvgIpc) is 4.13. The summed E-state index contributed by atoms with van der Waals surface area (Å²) in [6.45, 7) is -1.36. The molecule has 22 heteroatoms. The Morgan fingerprint density at radius 3 is 2.25 bits per heavy atom. The van der Waals surface area contributed by atoms with E-state index in [1.165, 1.54) is 16.8 Å². The molecule has 4 heterocycles. The summed E-state index contributed by atoms with van der Waals surface area (Å²) in [6.07, 6.45) is 7.72. The number of aromatic nitrogens is 4. The van der Waals surface area contributed by atoms with Crippen molar-refractivity contribution < 1.29 is 45.8 Å². The summed E-state index contributed by atoms with van der Waals surface area (Å²) in [5.74, 6) is -5.13. The van der Waals surface area contributed by atoms with Crippen molar-refractivity contribution in [2.75, 3.05) is 32.1 Å². The molecule has 6 aromatic rings. The van der Waals surface area contributed by atoms with E-state index in [-0.39, 0.29) is 54.9 Å². The van der Waals surface area contributed by atoms with Crippen molar-refractivity contribution in [1.82, 2.24) is 35.4 Å². The van der Waals surface area contributed by atoms with Crippen LogP contribution in [0.1, 0.15) is 81.0 Å². The molecular weight excluding hydrogens is 971 g/mol. The van der Waals surface area contributed by atoms with E-state index in [1.807, 2.05) is 43.3 Å². The van der Waals surface area contributed by atoms with Crippen molar-refractivity contribution in [3.63, 3.8) is 0 Å². The van der Waals surface area contributed by atoms with Crippen LogP contribution in [0.4, 0.5) is 34.5 Å². The van der Waals surface area contributed by atoms with Gasteiger partial charge >= 0.3 is 6.97 Å². The van der Waals surface area contributed by atoms with E-state index in [4.69, 9.17) is 10.5 Å². The smallest absolute Gasteiger partial charge is 0.480 e. The first kappa shape index (κ1) is 52.8. The second kappa shape index (κ2) is 23.1. The Balaban J connectivity index is 0.816. The topological polar surface area (TPSA) is 206 Å². The summed E-state index contributed by atoms with van der Waals surface area (Å²) in [5.41, 5.74) is 11.6. The lowest BCUT2D eigenvalue weighted by Crippen LogP contribution is -2.50. The molecular formula is C53H55BF4N12O5. The van der Waals surface area contributed by atoms with Crippen LogP contribution in [-0.2, 0) is 22.7 Å². The first-order valence-electron chi connectivity index (χ1n) is 24.2. The van der Waals surface area contributed by atoms with Crippen molar-refractivity contribution in [2.45, 2.75) is 65.1 Å². The molecule has 0 bridgehead atoms. The molecule has 0 unspecified atom stereocenters. The number of nitrogens with zero attached hydrogens (tertiary/aromatic N) is 8. The van der Waals surface area contributed by atoms with Gasteiger partial charge in [0.25, 0.3) is 11.8 Å². The van der Waals surface area contributed by atoms with E-state index in [2.05, 4.69) is 36.5 Å². The van der Waals surface area contributed by atoms with E-state index >= 15 is 17.4 Å². The lowest BCUT2D eigenvalue weighted by molar-refractivity contribution is -0.362. The van der Waals surface area contributed by atoms with E-state index in [9.17, 15) is 19.2 Å². The monoisotopic (exact) mass is 1030 g/mol. The molecule has 388 valence electrons. The molecule has 0 aliphatic carbocycles. The standard InChI is InChI=1S/C53H55BF4N12O5/c1-33-24-34(2)69-48(33)28-44-20-19-42(70(44)54(69,57)58)21-22-50(72)60-30-40-31-68(66-65-40)43-9-7-8-37(27-43)53(74)62-47(10-5-6-23-59)49(71)32-75-51-45(55)25-35(26-46(51)56)29-61-52(73)36-11-13-38(14-12-36)63-64-39-15-17-41(18-16-39)67(3)4/h7-9,11-20,24-28,31,47H,5-6,10,21-23,29-30,32,59H2,1-4H3,(H,60,72)(H,61,73)(H,62,74)/t47-/m0/s1. The Hall–Kier alpha value is -8.53. The molecule has 17 nitrogen and oxygen atoms in total. The third-order valence-electron chi connectivity index (χ3n) is 12.7. The molecule has 2 aliphatic heterocycles. The second-order valence-electron chi connectivity index (χ2n) is 18.4. The molecule has 0 spiro atoms. The summed E-state index contributed by atoms with van der Waals surface area (Å²) in [4.78, 5) is 54.9. The maximum Gasteiger partial charge on any atom is 0.737 e. The van der Waals surface area contributed by atoms with E-state index in [0.29, 0.717) is 64.9 Å². The van der Waals surface area contributed by atoms with Crippen molar-refractivity contribution in [3.8, 4) is 11.4 Å². The Morgan fingerprint density at radius 2 is 1.56 bits per heavy atom. The number of allylic oxidation sites excluding steroid dienone is 2. The van der Waals surface area contributed by atoms with Gasteiger partial charge in [-0.2, -0.15) is 10.2 Å². The SMILES string of the molecule is Cc1cc(C)n2c1C=C1C=CC(CCC(=O)NCc3cn(-c4cccc(C(=O)N[C@@H](CCCCN)C(=O)COc5c(F)cc(CNC(=O)c6ccc(N=Nc7ccc(N(C)C)cc7)cc6)cc5F)c4)nn3)=[N+]1[B-]2(F)F. The number of anilines is 1. The third-order valence-corrected chi connectivity index (χ3v) is 12.7. The highest BCUT2D eigenvalue weighted by Crippen LogP contribution is 2.35. The molecule has 1 atom stereocenters. The minimum absolute atomic E-state index is 0.00452. The van der Waals surface area contributed by atoms with Crippen LogP contribution in [-0.4, -0.2) is 93.4 Å². The number of ketones is 1. The maximum atomic E-state index is 15.8. The first-order valence-corrected chi connectivity index (χ1v) is 24.2. The van der Waals surface area contributed by atoms with Gasteiger partial charge in [-0.05, 0) is 141 Å². The molecule has 8 rings (SSSR count). The number of nitrogens with two attached hydrogens (primary N) is 1. The molecule has 75 heavy (non-hydrogen) atoms. The highest BCUT2D eigenvalue weighted by molar-refractivity contribution is 6.58. The molecule has 2 aliphatic rings. The number of amides is 3. The van der Waals surface area contributed by atoms with E-state index < -0.39 is 54.6 Å². The van der Waals surface area contributed by atoms with Crippen molar-refractivity contribution in [1.29, 1.82) is 0 Å². The van der Waals surface area contributed by atoms with Crippen molar-refractivity contribution in [3.05, 3.63) is 166 Å². The molecule has 2 aromatic heterocycles. The minimum atomic E-state index is -4.15. The van der Waals surface area contributed by atoms with Crippen LogP contribution in [0.15, 0.2) is 125 Å². The maximum absolute atomic E-state index is 15.8. The fourth-order valence-electron chi connectivity index (χ4n) is 8.75. The van der Waals surface area contributed by atoms with Crippen LogP contribution in [0.25, 0.3) is 11.8 Å². The van der Waals surface area contributed by atoms with Crippen LogP contribution < -0.4 is 31.3 Å². The molecule has 0 radical (unpaired) electrons. The number of fused-ring (bicyclic) bond motifs is 2. The first-order chi connectivity index (χ1) is 36.0. The Morgan fingerprint density at radius 1 is 0.853 bits per heavy atom. The molecule has 4 aromatic carbocycles. The summed E-state index contributed by atoms with van der Waals surface area (Å²) < 4.78 is 71.0. The van der Waals surface area contributed by atoms with Gasteiger partial charge in [-0.25, -0.2) is 13.5 Å². The van der Waals surface area contributed by atoms with Crippen LogP contribution in [0.2, 0.25) is 0 Å². The average molecular weight is 1030 g/mol. The van der Waals surface area contributed by atoms with Crippen LogP contribution >= 0.6 is 0 Å². The summed E-state index contributed by atoms with van der Waals surface area (Å²) in [5, 5.41) is 24.8. The lowest BCUT2D eigenvalue weighted by Gasteiger charge is -2.30. The number of aryl methyl sites for hydroxylation is 2. The quantitative estimate of drug-likeness (QED) is 0.0225. The van der Waals surface area contributed by atoms with Gasteiger partial charge in [0, 0.05) is 74.2 Å². The van der Waals surface area contributed by atoms with Crippen molar-refractivity contribution in [2.24, 2.45) is 16.0 Å². The number of Topliss-reactive ketones (excluding diaryl/α,β-unsaturated/α-hetero) is 1. The minimum Gasteiger partial charge on any atom is -0.480 e. The number of hydrogen-bond acceptors (Lipinski definition) is 11. The van der Waals surface area contributed by atoms with Gasteiger partial charge in [0.2, 0.25) is 5.91 Å². The Labute approximate surface area is 429 Å². The number of carbonyl (C=O) groups excluding carboxylic acids is 4. The zero-order chi connectivity index (χ0) is 53.4. The zero-order valence-corrected chi connectivity index (χ0v) is 41.7. The molecule has 3 amide bonds. The lowest BCUT2D eigenvalue weighted by atomic mass is 9.90. The predicted octanol–water partition coefficient (Wildman–Crippen LogP) is 7.95. The summed E-state index contributed by atoms with van der Waals surface area (Å²) >= 11 is 0. The third kappa shape index (κ3) is 12.5. The predicted molar refractivity (Wildman–Crippen MR) is 276 cm³/mol. The number of benzene rings is 4. The number of unbranched alkanes of at least 4 members (excludes halogenated alkanes) is 1. The van der Waals surface area contributed by atoms with Crippen LogP contribution in [0, 0.1) is 25.5 Å². The number of ether oxygens (including phenoxy) is 1. The number of azo groups is 1. The van der Waals surface area contributed by atoms with Gasteiger partial charge in [0.1, 0.15) is 18.0 Å². The van der Waals surface area contributed by atoms with Crippen LogP contribution in [0.5, 0.6) is 5.75 Å². The molecule has 0 fully saturated rings. The van der Waals surface area contributed by atoms with E-state index in [1.54, 1.807) is 80.7 Å². The number of hydrogen-bond donors (Lipinski definition) is 4. The Kier molecular flexibility index (Phi) is 16.3. The van der Waals surface area contributed by atoms with Gasteiger partial charge in [-0.3, -0.25) is 19.2 Å².